The third-order valence-corrected chi connectivity index (χ3v) is 4.38. The van der Waals surface area contributed by atoms with Gasteiger partial charge in [-0.05, 0) is 18.2 Å². The zero-order valence-corrected chi connectivity index (χ0v) is 13.6. The predicted octanol–water partition coefficient (Wildman–Crippen LogP) is 3.25. The highest BCUT2D eigenvalue weighted by Crippen LogP contribution is 2.22. The van der Waals surface area contributed by atoms with E-state index in [1.54, 1.807) is 29.2 Å². The molecule has 0 N–H and O–H groups in total. The van der Waals surface area contributed by atoms with Crippen molar-refractivity contribution in [3.63, 3.8) is 0 Å². The fourth-order valence-corrected chi connectivity index (χ4v) is 3.13. The molecule has 0 saturated heterocycles. The average Bonchev–Trinajstić information content (AvgIpc) is 3.05. The number of nitrogens with zero attached hydrogens (tertiary/aromatic N) is 4. The summed E-state index contributed by atoms with van der Waals surface area (Å²) >= 11 is 5.98. The molecule has 0 bridgehead atoms. The summed E-state index contributed by atoms with van der Waals surface area (Å²) in [5.41, 5.74) is 1.63. The van der Waals surface area contributed by atoms with E-state index in [0.717, 1.165) is 17.2 Å². The van der Waals surface area contributed by atoms with Gasteiger partial charge < -0.3 is 9.47 Å². The van der Waals surface area contributed by atoms with Crippen molar-refractivity contribution in [3.05, 3.63) is 71.0 Å². The van der Waals surface area contributed by atoms with Crippen molar-refractivity contribution in [2.45, 2.75) is 13.1 Å². The lowest BCUT2D eigenvalue weighted by Gasteiger charge is -2.28. The first-order chi connectivity index (χ1) is 11.7. The molecule has 1 aromatic heterocycles. The molecule has 120 valence electrons. The van der Waals surface area contributed by atoms with Gasteiger partial charge >= 0.3 is 0 Å². The molecule has 0 atom stereocenters. The van der Waals surface area contributed by atoms with E-state index in [2.05, 4.69) is 14.8 Å². The van der Waals surface area contributed by atoms with Gasteiger partial charge in [-0.2, -0.15) is 0 Å². The molecule has 0 saturated carbocycles. The number of benzene rings is 2. The van der Waals surface area contributed by atoms with Gasteiger partial charge in [0.25, 0.3) is 5.91 Å². The Morgan fingerprint density at radius 1 is 1.00 bits per heavy atom. The van der Waals surface area contributed by atoms with Crippen LogP contribution in [0.15, 0.2) is 54.6 Å². The molecule has 0 aliphatic carbocycles. The zero-order valence-electron chi connectivity index (χ0n) is 12.9. The Balaban J connectivity index is 1.59. The first-order valence-corrected chi connectivity index (χ1v) is 8.12. The fourth-order valence-electron chi connectivity index (χ4n) is 2.94. The highest BCUT2D eigenvalue weighted by atomic mass is 35.5. The van der Waals surface area contributed by atoms with Gasteiger partial charge in [0.2, 0.25) is 0 Å². The summed E-state index contributed by atoms with van der Waals surface area (Å²) in [7, 11) is 0. The van der Waals surface area contributed by atoms with E-state index in [9.17, 15) is 4.79 Å². The summed E-state index contributed by atoms with van der Waals surface area (Å²) in [5, 5.41) is 9.13. The molecule has 5 nitrogen and oxygen atoms in total. The number of hydrogen-bond acceptors (Lipinski definition) is 3. The minimum atomic E-state index is -0.0342. The number of carbonyl (C=O) groups excluding carboxylic acids is 1. The van der Waals surface area contributed by atoms with E-state index in [-0.39, 0.29) is 5.91 Å². The Labute approximate surface area is 144 Å². The Bertz CT molecular complexity index is 891. The predicted molar refractivity (Wildman–Crippen MR) is 91.7 cm³/mol. The third-order valence-electron chi connectivity index (χ3n) is 4.14. The summed E-state index contributed by atoms with van der Waals surface area (Å²) in [4.78, 5) is 14.4. The largest absolute Gasteiger partial charge is 0.329 e. The molecule has 0 unspecified atom stereocenters. The van der Waals surface area contributed by atoms with E-state index < -0.39 is 0 Å². The monoisotopic (exact) mass is 338 g/mol. The van der Waals surface area contributed by atoms with E-state index in [1.807, 2.05) is 30.3 Å². The zero-order chi connectivity index (χ0) is 16.5. The third kappa shape index (κ3) is 2.67. The van der Waals surface area contributed by atoms with Crippen LogP contribution in [0.5, 0.6) is 0 Å². The lowest BCUT2D eigenvalue weighted by atomic mass is 10.1. The molecule has 0 radical (unpaired) electrons. The number of rotatable bonds is 2. The van der Waals surface area contributed by atoms with Gasteiger partial charge in [0.1, 0.15) is 0 Å². The van der Waals surface area contributed by atoms with E-state index in [4.69, 9.17) is 11.6 Å². The minimum Gasteiger partial charge on any atom is -0.329 e. The molecule has 2 aromatic carbocycles. The molecular formula is C18H15ClN4O. The average molecular weight is 339 g/mol. The van der Waals surface area contributed by atoms with Crippen LogP contribution in [0.1, 0.15) is 16.2 Å². The second kappa shape index (κ2) is 6.09. The highest BCUT2D eigenvalue weighted by Gasteiger charge is 2.25. The number of aromatic nitrogens is 3. The Morgan fingerprint density at radius 2 is 1.83 bits per heavy atom. The SMILES string of the molecule is O=C(c1cccc(Cl)c1)N1CCn2c(nnc2-c2ccccc2)C1. The Morgan fingerprint density at radius 3 is 2.62 bits per heavy atom. The van der Waals surface area contributed by atoms with Crippen LogP contribution in [0.25, 0.3) is 11.4 Å². The quantitative estimate of drug-likeness (QED) is 0.720. The number of hydrogen-bond donors (Lipinski definition) is 0. The van der Waals surface area contributed by atoms with E-state index in [1.165, 1.54) is 0 Å². The standard InChI is InChI=1S/C18H15ClN4O/c19-15-8-4-7-14(11-15)18(24)22-9-10-23-16(12-22)20-21-17(23)13-5-2-1-3-6-13/h1-8,11H,9-10,12H2. The molecule has 1 aliphatic rings. The van der Waals surface area contributed by atoms with E-state index in [0.29, 0.717) is 30.2 Å². The van der Waals surface area contributed by atoms with Gasteiger partial charge in [-0.3, -0.25) is 4.79 Å². The van der Waals surface area contributed by atoms with Crippen molar-refractivity contribution < 1.29 is 4.79 Å². The highest BCUT2D eigenvalue weighted by molar-refractivity contribution is 6.30. The van der Waals surface area contributed by atoms with Crippen LogP contribution in [-0.4, -0.2) is 32.1 Å². The number of carbonyl (C=O) groups is 1. The molecule has 24 heavy (non-hydrogen) atoms. The minimum absolute atomic E-state index is 0.0342. The van der Waals surface area contributed by atoms with Gasteiger partial charge in [-0.25, -0.2) is 0 Å². The summed E-state index contributed by atoms with van der Waals surface area (Å²) in [6.45, 7) is 1.75. The molecule has 0 spiro atoms. The number of halogens is 1. The Kier molecular flexibility index (Phi) is 3.78. The van der Waals surface area contributed by atoms with Crippen molar-refractivity contribution in [2.24, 2.45) is 0 Å². The molecule has 4 rings (SSSR count). The van der Waals surface area contributed by atoms with Crippen LogP contribution in [0.4, 0.5) is 0 Å². The molecule has 6 heteroatoms. The van der Waals surface area contributed by atoms with Gasteiger partial charge in [0, 0.05) is 29.2 Å². The van der Waals surface area contributed by atoms with Crippen LogP contribution in [0.3, 0.4) is 0 Å². The van der Waals surface area contributed by atoms with Crippen LogP contribution >= 0.6 is 11.6 Å². The second-order valence-corrected chi connectivity index (χ2v) is 6.13. The maximum Gasteiger partial charge on any atom is 0.254 e. The van der Waals surface area contributed by atoms with Crippen molar-refractivity contribution in [2.75, 3.05) is 6.54 Å². The molecular weight excluding hydrogens is 324 g/mol. The van der Waals surface area contributed by atoms with Crippen molar-refractivity contribution >= 4 is 17.5 Å². The smallest absolute Gasteiger partial charge is 0.254 e. The molecule has 3 aromatic rings. The number of fused-ring (bicyclic) bond motifs is 1. The van der Waals surface area contributed by atoms with Crippen molar-refractivity contribution in [1.82, 2.24) is 19.7 Å². The van der Waals surface area contributed by atoms with Gasteiger partial charge in [-0.15, -0.1) is 10.2 Å². The van der Waals surface area contributed by atoms with Gasteiger partial charge in [0.05, 0.1) is 6.54 Å². The second-order valence-electron chi connectivity index (χ2n) is 5.69. The fraction of sp³-hybridized carbons (Fsp3) is 0.167. The Hall–Kier alpha value is -2.66. The first kappa shape index (κ1) is 14.9. The number of amides is 1. The summed E-state index contributed by atoms with van der Waals surface area (Å²) in [5.74, 6) is 1.61. The van der Waals surface area contributed by atoms with Crippen LogP contribution in [0, 0.1) is 0 Å². The molecule has 0 fully saturated rings. The summed E-state index contributed by atoms with van der Waals surface area (Å²) in [6, 6.07) is 17.0. The first-order valence-electron chi connectivity index (χ1n) is 7.75. The molecule has 2 heterocycles. The van der Waals surface area contributed by atoms with Crippen LogP contribution in [-0.2, 0) is 13.1 Å². The van der Waals surface area contributed by atoms with Gasteiger partial charge in [0.15, 0.2) is 11.6 Å². The summed E-state index contributed by atoms with van der Waals surface area (Å²) < 4.78 is 2.08. The van der Waals surface area contributed by atoms with Crippen molar-refractivity contribution in [3.8, 4) is 11.4 Å². The molecule has 1 aliphatic heterocycles. The van der Waals surface area contributed by atoms with Crippen molar-refractivity contribution in [1.29, 1.82) is 0 Å². The maximum absolute atomic E-state index is 12.6. The van der Waals surface area contributed by atoms with Crippen LogP contribution < -0.4 is 0 Å². The molecule has 1 amide bonds. The lowest BCUT2D eigenvalue weighted by molar-refractivity contribution is 0.0708. The van der Waals surface area contributed by atoms with Gasteiger partial charge in [-0.1, -0.05) is 48.0 Å². The normalized spacial score (nSPS) is 13.6. The van der Waals surface area contributed by atoms with E-state index >= 15 is 0 Å². The lowest BCUT2D eigenvalue weighted by Crippen LogP contribution is -2.38. The topological polar surface area (TPSA) is 51.0 Å². The van der Waals surface area contributed by atoms with Crippen LogP contribution in [0.2, 0.25) is 5.02 Å². The maximum atomic E-state index is 12.6. The summed E-state index contributed by atoms with van der Waals surface area (Å²) in [6.07, 6.45) is 0.